The van der Waals surface area contributed by atoms with Crippen LogP contribution in [0, 0.1) is 0 Å². The number of fused-ring (bicyclic) bond motifs is 8. The molecule has 0 unspecified atom stereocenters. The van der Waals surface area contributed by atoms with Gasteiger partial charge in [-0.1, -0.05) is 182 Å². The quantitative estimate of drug-likeness (QED) is 0.154. The summed E-state index contributed by atoms with van der Waals surface area (Å²) >= 11 is 2.02. The Morgan fingerprint density at radius 3 is 1.58 bits per heavy atom. The van der Waals surface area contributed by atoms with Crippen LogP contribution in [0.15, 0.2) is 140 Å². The first-order valence-corrected chi connectivity index (χ1v) is 33.1. The van der Waals surface area contributed by atoms with Crippen molar-refractivity contribution in [2.24, 2.45) is 0 Å². The van der Waals surface area contributed by atoms with Crippen LogP contribution in [0.5, 0.6) is 0 Å². The molecule has 0 amide bonds. The van der Waals surface area contributed by atoms with Gasteiger partial charge in [0.25, 0.3) is 6.71 Å². The van der Waals surface area contributed by atoms with Gasteiger partial charge < -0.3 is 14.7 Å². The molecule has 2 aliphatic heterocycles. The van der Waals surface area contributed by atoms with Crippen LogP contribution in [0.2, 0.25) is 19.6 Å². The van der Waals surface area contributed by atoms with E-state index in [1.807, 2.05) is 11.3 Å². The van der Waals surface area contributed by atoms with Crippen LogP contribution in [0.1, 0.15) is 156 Å². The first kappa shape index (κ1) is 51.9. The van der Waals surface area contributed by atoms with Crippen molar-refractivity contribution in [3.05, 3.63) is 173 Å². The summed E-state index contributed by atoms with van der Waals surface area (Å²) in [5, 5.41) is 2.80. The maximum absolute atomic E-state index is 2.73. The first-order chi connectivity index (χ1) is 36.0. The van der Waals surface area contributed by atoms with E-state index in [1.165, 1.54) is 105 Å². The Balaban J connectivity index is 1.25. The minimum absolute atomic E-state index is 0.00349. The molecule has 4 aliphatic rings. The van der Waals surface area contributed by atoms with Crippen LogP contribution in [-0.4, -0.2) is 14.8 Å². The third-order valence-corrected chi connectivity index (χ3v) is 22.1. The number of hydrogen-bond acceptors (Lipinski definition) is 4. The molecule has 3 nitrogen and oxygen atoms in total. The van der Waals surface area contributed by atoms with Crippen molar-refractivity contribution in [3.8, 4) is 0 Å². The maximum Gasteiger partial charge on any atom is 0.264 e. The molecule has 0 spiro atoms. The van der Waals surface area contributed by atoms with E-state index in [4.69, 9.17) is 0 Å². The summed E-state index contributed by atoms with van der Waals surface area (Å²) in [6.07, 6.45) is 4.66. The molecule has 0 N–H and O–H groups in total. The van der Waals surface area contributed by atoms with E-state index in [0.717, 1.165) is 36.3 Å². The average molecular weight is 1050 g/mol. The van der Waals surface area contributed by atoms with E-state index in [-0.39, 0.29) is 39.2 Å². The summed E-state index contributed by atoms with van der Waals surface area (Å²) in [4.78, 5) is 7.96. The fourth-order valence-corrected chi connectivity index (χ4v) is 16.1. The van der Waals surface area contributed by atoms with Gasteiger partial charge in [0.1, 0.15) is 0 Å². The highest BCUT2D eigenvalue weighted by Gasteiger charge is 2.49. The number of hydrogen-bond donors (Lipinski definition) is 0. The Morgan fingerprint density at radius 1 is 0.481 bits per heavy atom. The summed E-state index contributed by atoms with van der Waals surface area (Å²) in [6.45, 7) is 41.3. The molecule has 2 aliphatic carbocycles. The largest absolute Gasteiger partial charge is 0.311 e. The minimum atomic E-state index is -1.58. The first-order valence-electron chi connectivity index (χ1n) is 28.8. The fourth-order valence-electron chi connectivity index (χ4n) is 13.6. The van der Waals surface area contributed by atoms with Gasteiger partial charge in [0.15, 0.2) is 0 Å². The number of benzene rings is 7. The molecule has 0 saturated carbocycles. The van der Waals surface area contributed by atoms with Crippen LogP contribution in [0.25, 0.3) is 10.1 Å². The van der Waals surface area contributed by atoms with Gasteiger partial charge in [-0.05, 0) is 181 Å². The van der Waals surface area contributed by atoms with Crippen LogP contribution in [0.4, 0.5) is 51.2 Å². The molecule has 0 bridgehead atoms. The normalized spacial score (nSPS) is 17.8. The lowest BCUT2D eigenvalue weighted by atomic mass is 9.35. The number of rotatable bonds is 6. The molecule has 12 rings (SSSR count). The fraction of sp³-hybridized carbons (Fsp3) is 0.380. The zero-order chi connectivity index (χ0) is 54.7. The average Bonchev–Trinajstić information content (AvgIpc) is 3.87. The van der Waals surface area contributed by atoms with Gasteiger partial charge in [-0.2, -0.15) is 0 Å². The zero-order valence-corrected chi connectivity index (χ0v) is 51.3. The summed E-state index contributed by atoms with van der Waals surface area (Å²) in [6, 6.07) is 55.8. The van der Waals surface area contributed by atoms with Gasteiger partial charge in [0, 0.05) is 54.7 Å². The Bertz CT molecular complexity index is 3650. The molecule has 6 heteroatoms. The number of anilines is 9. The molecule has 8 aromatic rings. The smallest absolute Gasteiger partial charge is 0.264 e. The summed E-state index contributed by atoms with van der Waals surface area (Å²) in [5.41, 5.74) is 22.6. The molecule has 394 valence electrons. The van der Waals surface area contributed by atoms with Gasteiger partial charge >= 0.3 is 0 Å². The Labute approximate surface area is 467 Å². The predicted octanol–water partition coefficient (Wildman–Crippen LogP) is 18.3. The summed E-state index contributed by atoms with van der Waals surface area (Å²) < 4.78 is 2.77. The maximum atomic E-state index is 2.73. The van der Waals surface area contributed by atoms with Crippen molar-refractivity contribution < 1.29 is 0 Å². The van der Waals surface area contributed by atoms with Crippen molar-refractivity contribution >= 4 is 108 Å². The van der Waals surface area contributed by atoms with Gasteiger partial charge in [0.2, 0.25) is 0 Å². The zero-order valence-electron chi connectivity index (χ0n) is 49.4. The number of para-hydroxylation sites is 1. The number of thiophene rings is 1. The third-order valence-electron chi connectivity index (χ3n) is 18.8. The molecule has 0 saturated heterocycles. The summed E-state index contributed by atoms with van der Waals surface area (Å²) in [5.74, 6) is 0. The topological polar surface area (TPSA) is 9.72 Å². The Hall–Kier alpha value is -5.82. The minimum Gasteiger partial charge on any atom is -0.311 e. The van der Waals surface area contributed by atoms with Crippen molar-refractivity contribution in [1.82, 2.24) is 0 Å². The van der Waals surface area contributed by atoms with Gasteiger partial charge in [-0.25, -0.2) is 0 Å². The standard InChI is InChI=1S/C71H82BN3SSi/c1-66(2,3)45-23-26-49(27-24-45)75-61-42-51(73(47-21-19-18-20-22-47)48-28-31-52(32-29-48)77(15,16)17)41-60-63(61)72(65-64(75)53-39-46(67(4,5)6)25-34-62(53)76-65)58-43-56-57(71(13,14)38-37-70(56,11)12)44-59(58)74(60)50-30-33-54-55(40-50)69(9,10)36-35-68(54,7)8/h18-34,39-44H,35-38H2,1-17H3. The second-order valence-electron chi connectivity index (χ2n) is 29.3. The van der Waals surface area contributed by atoms with E-state index >= 15 is 0 Å². The van der Waals surface area contributed by atoms with Crippen molar-refractivity contribution in [2.75, 3.05) is 14.7 Å². The van der Waals surface area contributed by atoms with Crippen molar-refractivity contribution in [3.63, 3.8) is 0 Å². The molecule has 0 atom stereocenters. The van der Waals surface area contributed by atoms with Gasteiger partial charge in [-0.15, -0.1) is 11.3 Å². The van der Waals surface area contributed by atoms with E-state index < -0.39 is 8.07 Å². The second-order valence-corrected chi connectivity index (χ2v) is 35.4. The highest BCUT2D eigenvalue weighted by Crippen LogP contribution is 2.55. The molecule has 1 aromatic heterocycles. The van der Waals surface area contributed by atoms with Crippen molar-refractivity contribution in [2.45, 2.75) is 175 Å². The van der Waals surface area contributed by atoms with Crippen LogP contribution < -0.4 is 35.6 Å². The van der Waals surface area contributed by atoms with E-state index in [0.29, 0.717) is 0 Å². The highest BCUT2D eigenvalue weighted by molar-refractivity contribution is 7.33. The summed E-state index contributed by atoms with van der Waals surface area (Å²) in [7, 11) is -1.58. The molecular formula is C71H82BN3SSi. The monoisotopic (exact) mass is 1050 g/mol. The van der Waals surface area contributed by atoms with E-state index in [1.54, 1.807) is 0 Å². The molecule has 7 aromatic carbocycles. The molecule has 0 radical (unpaired) electrons. The molecule has 3 heterocycles. The molecule has 0 fully saturated rings. The second kappa shape index (κ2) is 17.3. The van der Waals surface area contributed by atoms with Crippen LogP contribution in [0.3, 0.4) is 0 Å². The highest BCUT2D eigenvalue weighted by atomic mass is 32.1. The lowest BCUT2D eigenvalue weighted by Gasteiger charge is -2.48. The van der Waals surface area contributed by atoms with E-state index in [9.17, 15) is 0 Å². The third kappa shape index (κ3) is 8.48. The molecule has 77 heavy (non-hydrogen) atoms. The molecular weight excluding hydrogens is 966 g/mol. The SMILES string of the molecule is CC(C)(C)c1ccc(N2c3cc(N(c4ccccc4)c4ccc([Si](C)(C)C)cc4)cc4c3B(c3cc5c(cc3N4c3ccc4c(c3)C(C)(C)CCC4(C)C)C(C)(C)CCC5(C)C)c3sc4ccc(C(C)(C)C)cc4c32)cc1. The Morgan fingerprint density at radius 2 is 1.00 bits per heavy atom. The van der Waals surface area contributed by atoms with Gasteiger partial charge in [-0.3, -0.25) is 0 Å². The lowest BCUT2D eigenvalue weighted by molar-refractivity contribution is 0.332. The van der Waals surface area contributed by atoms with Crippen LogP contribution in [-0.2, 0) is 32.5 Å². The number of nitrogens with zero attached hydrogens (tertiary/aromatic N) is 3. The van der Waals surface area contributed by atoms with E-state index in [2.05, 4.69) is 271 Å². The van der Waals surface area contributed by atoms with Crippen molar-refractivity contribution in [1.29, 1.82) is 0 Å². The van der Waals surface area contributed by atoms with Gasteiger partial charge in [0.05, 0.1) is 19.4 Å². The Kier molecular flexibility index (Phi) is 11.7. The van der Waals surface area contributed by atoms with Crippen LogP contribution >= 0.6 is 11.3 Å². The predicted molar refractivity (Wildman–Crippen MR) is 341 cm³/mol. The lowest BCUT2D eigenvalue weighted by Crippen LogP contribution is -2.61.